The molecule has 0 radical (unpaired) electrons. The van der Waals surface area contributed by atoms with E-state index in [-0.39, 0.29) is 12.0 Å². The van der Waals surface area contributed by atoms with Gasteiger partial charge in [0.1, 0.15) is 0 Å². The van der Waals surface area contributed by atoms with Crippen molar-refractivity contribution in [1.82, 2.24) is 10.3 Å². The number of amides is 1. The Balaban J connectivity index is 1.68. The normalized spacial score (nSPS) is 18.2. The van der Waals surface area contributed by atoms with Crippen LogP contribution < -0.4 is 5.32 Å². The van der Waals surface area contributed by atoms with Gasteiger partial charge >= 0.3 is 0 Å². The SMILES string of the molecule is O=C(Cc1ccc[nH]1)NCC(O)C1CCCC1. The monoisotopic (exact) mass is 236 g/mol. The van der Waals surface area contributed by atoms with Gasteiger partial charge < -0.3 is 15.4 Å². The minimum Gasteiger partial charge on any atom is -0.391 e. The van der Waals surface area contributed by atoms with Crippen molar-refractivity contribution >= 4 is 5.91 Å². The molecule has 0 bridgehead atoms. The number of hydrogen-bond acceptors (Lipinski definition) is 2. The molecule has 1 fully saturated rings. The molecule has 0 saturated heterocycles. The van der Waals surface area contributed by atoms with Crippen molar-refractivity contribution in [3.63, 3.8) is 0 Å². The molecule has 1 aromatic rings. The molecule has 0 spiro atoms. The summed E-state index contributed by atoms with van der Waals surface area (Å²) in [6.07, 6.45) is 6.36. The van der Waals surface area contributed by atoms with Crippen LogP contribution in [0, 0.1) is 5.92 Å². The predicted molar refractivity (Wildman–Crippen MR) is 65.5 cm³/mol. The van der Waals surface area contributed by atoms with Gasteiger partial charge in [-0.1, -0.05) is 12.8 Å². The van der Waals surface area contributed by atoms with Crippen LogP contribution in [0.2, 0.25) is 0 Å². The minimum absolute atomic E-state index is 0.0375. The van der Waals surface area contributed by atoms with E-state index in [1.54, 1.807) is 6.20 Å². The molecule has 4 nitrogen and oxygen atoms in total. The van der Waals surface area contributed by atoms with Crippen LogP contribution in [-0.4, -0.2) is 28.6 Å². The van der Waals surface area contributed by atoms with Crippen LogP contribution in [0.4, 0.5) is 0 Å². The molecule has 0 aliphatic heterocycles. The maximum atomic E-state index is 11.6. The molecule has 3 N–H and O–H groups in total. The largest absolute Gasteiger partial charge is 0.391 e. The predicted octanol–water partition coefficient (Wildman–Crippen LogP) is 1.22. The molecule has 1 heterocycles. The van der Waals surface area contributed by atoms with Gasteiger partial charge in [0.25, 0.3) is 0 Å². The zero-order valence-corrected chi connectivity index (χ0v) is 9.98. The van der Waals surface area contributed by atoms with Gasteiger partial charge in [0.05, 0.1) is 12.5 Å². The molecule has 1 aromatic heterocycles. The Bertz CT molecular complexity index is 342. The number of carbonyl (C=O) groups excluding carboxylic acids is 1. The molecular formula is C13H20N2O2. The number of H-pyrrole nitrogens is 1. The molecule has 1 amide bonds. The first-order valence-electron chi connectivity index (χ1n) is 6.33. The van der Waals surface area contributed by atoms with Gasteiger partial charge in [0.2, 0.25) is 5.91 Å². The maximum absolute atomic E-state index is 11.6. The van der Waals surface area contributed by atoms with Gasteiger partial charge in [-0.05, 0) is 30.9 Å². The Morgan fingerprint density at radius 1 is 1.53 bits per heavy atom. The van der Waals surface area contributed by atoms with Gasteiger partial charge in [0.15, 0.2) is 0 Å². The third kappa shape index (κ3) is 3.60. The highest BCUT2D eigenvalue weighted by atomic mass is 16.3. The van der Waals surface area contributed by atoms with Crippen LogP contribution in [0.3, 0.4) is 0 Å². The van der Waals surface area contributed by atoms with Crippen LogP contribution in [0.15, 0.2) is 18.3 Å². The third-order valence-electron chi connectivity index (χ3n) is 3.47. The van der Waals surface area contributed by atoms with Crippen LogP contribution in [0.5, 0.6) is 0 Å². The van der Waals surface area contributed by atoms with Crippen LogP contribution >= 0.6 is 0 Å². The maximum Gasteiger partial charge on any atom is 0.226 e. The van der Waals surface area contributed by atoms with Gasteiger partial charge in [-0.2, -0.15) is 0 Å². The molecule has 94 valence electrons. The van der Waals surface area contributed by atoms with E-state index in [1.165, 1.54) is 12.8 Å². The van der Waals surface area contributed by atoms with Crippen LogP contribution in [0.1, 0.15) is 31.4 Å². The first-order valence-corrected chi connectivity index (χ1v) is 6.33. The van der Waals surface area contributed by atoms with Crippen molar-refractivity contribution in [3.05, 3.63) is 24.0 Å². The molecule has 0 aromatic carbocycles. The first-order chi connectivity index (χ1) is 8.25. The van der Waals surface area contributed by atoms with Gasteiger partial charge in [-0.25, -0.2) is 0 Å². The quantitative estimate of drug-likeness (QED) is 0.720. The molecule has 1 unspecified atom stereocenters. The Labute approximate surface area is 101 Å². The second-order valence-electron chi connectivity index (χ2n) is 4.79. The summed E-state index contributed by atoms with van der Waals surface area (Å²) in [7, 11) is 0. The number of aromatic amines is 1. The van der Waals surface area contributed by atoms with Gasteiger partial charge in [-0.15, -0.1) is 0 Å². The molecule has 1 atom stereocenters. The molecule has 4 heteroatoms. The lowest BCUT2D eigenvalue weighted by Crippen LogP contribution is -2.36. The van der Waals surface area contributed by atoms with Crippen molar-refractivity contribution in [2.24, 2.45) is 5.92 Å². The van der Waals surface area contributed by atoms with E-state index in [9.17, 15) is 9.90 Å². The highest BCUT2D eigenvalue weighted by Gasteiger charge is 2.23. The molecule has 2 rings (SSSR count). The molecule has 17 heavy (non-hydrogen) atoms. The summed E-state index contributed by atoms with van der Waals surface area (Å²) in [5.74, 6) is 0.338. The Hall–Kier alpha value is -1.29. The van der Waals surface area contributed by atoms with Gasteiger partial charge in [0, 0.05) is 18.4 Å². The van der Waals surface area contributed by atoms with E-state index in [0.29, 0.717) is 18.9 Å². The Kier molecular flexibility index (Phi) is 4.20. The number of aromatic nitrogens is 1. The lowest BCUT2D eigenvalue weighted by atomic mass is 10.0. The highest BCUT2D eigenvalue weighted by Crippen LogP contribution is 2.27. The first kappa shape index (κ1) is 12.2. The van der Waals surface area contributed by atoms with Gasteiger partial charge in [-0.3, -0.25) is 4.79 Å². The Morgan fingerprint density at radius 2 is 2.29 bits per heavy atom. The number of rotatable bonds is 5. The van der Waals surface area contributed by atoms with E-state index in [2.05, 4.69) is 10.3 Å². The second kappa shape index (κ2) is 5.87. The number of carbonyl (C=O) groups is 1. The summed E-state index contributed by atoms with van der Waals surface area (Å²) >= 11 is 0. The molecular weight excluding hydrogens is 216 g/mol. The Morgan fingerprint density at radius 3 is 2.94 bits per heavy atom. The molecule has 1 aliphatic rings. The number of aliphatic hydroxyl groups is 1. The van der Waals surface area contributed by atoms with Crippen LogP contribution in [-0.2, 0) is 11.2 Å². The van der Waals surface area contributed by atoms with E-state index in [0.717, 1.165) is 18.5 Å². The molecule has 1 saturated carbocycles. The average molecular weight is 236 g/mol. The fraction of sp³-hybridized carbons (Fsp3) is 0.615. The van der Waals surface area contributed by atoms with Crippen molar-refractivity contribution in [3.8, 4) is 0 Å². The van der Waals surface area contributed by atoms with E-state index >= 15 is 0 Å². The van der Waals surface area contributed by atoms with E-state index in [1.807, 2.05) is 12.1 Å². The lowest BCUT2D eigenvalue weighted by molar-refractivity contribution is -0.121. The summed E-state index contributed by atoms with van der Waals surface area (Å²) in [4.78, 5) is 14.6. The van der Waals surface area contributed by atoms with Crippen molar-refractivity contribution in [2.75, 3.05) is 6.54 Å². The van der Waals surface area contributed by atoms with Crippen molar-refractivity contribution in [1.29, 1.82) is 0 Å². The summed E-state index contributed by atoms with van der Waals surface area (Å²) < 4.78 is 0. The number of aliphatic hydroxyl groups excluding tert-OH is 1. The van der Waals surface area contributed by atoms with Crippen LogP contribution in [0.25, 0.3) is 0 Å². The van der Waals surface area contributed by atoms with E-state index < -0.39 is 0 Å². The number of nitrogens with one attached hydrogen (secondary N) is 2. The lowest BCUT2D eigenvalue weighted by Gasteiger charge is -2.17. The highest BCUT2D eigenvalue weighted by molar-refractivity contribution is 5.78. The van der Waals surface area contributed by atoms with Crippen molar-refractivity contribution < 1.29 is 9.90 Å². The zero-order chi connectivity index (χ0) is 12.1. The summed E-state index contributed by atoms with van der Waals surface area (Å²) in [6, 6.07) is 3.75. The van der Waals surface area contributed by atoms with E-state index in [4.69, 9.17) is 0 Å². The standard InChI is InChI=1S/C13H20N2O2/c16-12(10-4-1-2-5-10)9-15-13(17)8-11-6-3-7-14-11/h3,6-7,10,12,14,16H,1-2,4-5,8-9H2,(H,15,17). The fourth-order valence-electron chi connectivity index (χ4n) is 2.44. The average Bonchev–Trinajstić information content (AvgIpc) is 2.97. The molecule has 1 aliphatic carbocycles. The third-order valence-corrected chi connectivity index (χ3v) is 3.47. The summed E-state index contributed by atoms with van der Waals surface area (Å²) in [5, 5.41) is 12.7. The second-order valence-corrected chi connectivity index (χ2v) is 4.79. The minimum atomic E-state index is -0.384. The summed E-state index contributed by atoms with van der Waals surface area (Å²) in [5.41, 5.74) is 0.901. The van der Waals surface area contributed by atoms with Crippen molar-refractivity contribution in [2.45, 2.75) is 38.2 Å². The summed E-state index contributed by atoms with van der Waals surface area (Å²) in [6.45, 7) is 0.379. The fourth-order valence-corrected chi connectivity index (χ4v) is 2.44. The smallest absolute Gasteiger partial charge is 0.226 e. The zero-order valence-electron chi connectivity index (χ0n) is 9.98. The topological polar surface area (TPSA) is 65.1 Å². The number of hydrogen-bond donors (Lipinski definition) is 3.